The smallest absolute Gasteiger partial charge is 0.138 e. The largest absolute Gasteiger partial charge is 0.223 e. The minimum absolute atomic E-state index is 1.06. The van der Waals surface area contributed by atoms with Gasteiger partial charge in [0.15, 0.2) is 0 Å². The maximum Gasteiger partial charge on any atom is 0.138 e. The maximum absolute atomic E-state index is 4.08. The first-order valence-electron chi connectivity index (χ1n) is 5.34. The molecular weight excluding hydrogens is 186 g/mol. The van der Waals surface area contributed by atoms with E-state index >= 15 is 0 Å². The fourth-order valence-electron chi connectivity index (χ4n) is 1.54. The minimum atomic E-state index is 1.06. The van der Waals surface area contributed by atoms with Gasteiger partial charge < -0.3 is 0 Å². The van der Waals surface area contributed by atoms with Crippen LogP contribution in [0.15, 0.2) is 36.9 Å². The quantitative estimate of drug-likeness (QED) is 0.761. The first kappa shape index (κ1) is 9.90. The van der Waals surface area contributed by atoms with E-state index in [4.69, 9.17) is 0 Å². The highest BCUT2D eigenvalue weighted by molar-refractivity contribution is 5.33. The summed E-state index contributed by atoms with van der Waals surface area (Å²) < 4.78 is 1.77. The molecule has 0 saturated heterocycles. The molecule has 0 amide bonds. The zero-order chi connectivity index (χ0) is 10.5. The Kier molecular flexibility index (Phi) is 3.12. The molecule has 0 unspecified atom stereocenters. The van der Waals surface area contributed by atoms with Gasteiger partial charge in [0.1, 0.15) is 12.7 Å². The van der Waals surface area contributed by atoms with Gasteiger partial charge in [-0.1, -0.05) is 25.5 Å². The number of rotatable bonds is 4. The molecule has 1 heterocycles. The van der Waals surface area contributed by atoms with Gasteiger partial charge in [0.05, 0.1) is 5.69 Å². The second-order valence-electron chi connectivity index (χ2n) is 3.61. The van der Waals surface area contributed by atoms with Crippen molar-refractivity contribution < 1.29 is 0 Å². The van der Waals surface area contributed by atoms with Crippen molar-refractivity contribution in [3.8, 4) is 5.69 Å². The number of nitrogens with zero attached hydrogens (tertiary/aromatic N) is 3. The van der Waals surface area contributed by atoms with Crippen molar-refractivity contribution in [2.75, 3.05) is 0 Å². The number of hydrogen-bond donors (Lipinski definition) is 0. The molecule has 1 aromatic heterocycles. The number of aromatic nitrogens is 3. The Bertz CT molecular complexity index is 389. The molecule has 15 heavy (non-hydrogen) atoms. The van der Waals surface area contributed by atoms with E-state index in [0.29, 0.717) is 0 Å². The summed E-state index contributed by atoms with van der Waals surface area (Å²) in [6.45, 7) is 2.21. The summed E-state index contributed by atoms with van der Waals surface area (Å²) in [5, 5.41) is 4.08. The molecule has 1 aromatic carbocycles. The van der Waals surface area contributed by atoms with Gasteiger partial charge in [0, 0.05) is 0 Å². The highest BCUT2D eigenvalue weighted by Gasteiger charge is 1.96. The lowest BCUT2D eigenvalue weighted by molar-refractivity contribution is 0.794. The van der Waals surface area contributed by atoms with Crippen LogP contribution in [0.25, 0.3) is 5.69 Å². The van der Waals surface area contributed by atoms with Crippen LogP contribution in [0, 0.1) is 0 Å². The van der Waals surface area contributed by atoms with Gasteiger partial charge in [0.2, 0.25) is 0 Å². The van der Waals surface area contributed by atoms with Crippen molar-refractivity contribution in [1.82, 2.24) is 14.8 Å². The third-order valence-corrected chi connectivity index (χ3v) is 2.44. The maximum atomic E-state index is 4.08. The fraction of sp³-hybridized carbons (Fsp3) is 0.333. The molecular formula is C12H15N3. The highest BCUT2D eigenvalue weighted by atomic mass is 15.3. The van der Waals surface area contributed by atoms with Crippen LogP contribution < -0.4 is 0 Å². The summed E-state index contributed by atoms with van der Waals surface area (Å²) >= 11 is 0. The summed E-state index contributed by atoms with van der Waals surface area (Å²) in [7, 11) is 0. The molecule has 0 atom stereocenters. The van der Waals surface area contributed by atoms with E-state index < -0.39 is 0 Å². The number of unbranched alkanes of at least 4 members (excludes halogenated alkanes) is 1. The minimum Gasteiger partial charge on any atom is -0.223 e. The predicted molar refractivity (Wildman–Crippen MR) is 60.0 cm³/mol. The lowest BCUT2D eigenvalue weighted by Gasteiger charge is -2.02. The zero-order valence-corrected chi connectivity index (χ0v) is 8.93. The van der Waals surface area contributed by atoms with Crippen LogP contribution in [0.4, 0.5) is 0 Å². The molecule has 0 bridgehead atoms. The SMILES string of the molecule is CCCCc1ccc(-n2cncn2)cc1. The van der Waals surface area contributed by atoms with Gasteiger partial charge in [-0.05, 0) is 30.5 Å². The molecule has 0 aliphatic carbocycles. The predicted octanol–water partition coefficient (Wildman–Crippen LogP) is 2.61. The first-order chi connectivity index (χ1) is 7.40. The van der Waals surface area contributed by atoms with Crippen LogP contribution in [-0.4, -0.2) is 14.8 Å². The molecule has 0 radical (unpaired) electrons. The summed E-state index contributed by atoms with van der Waals surface area (Å²) in [6.07, 6.45) is 6.91. The topological polar surface area (TPSA) is 30.7 Å². The molecule has 78 valence electrons. The average Bonchev–Trinajstić information content (AvgIpc) is 2.80. The van der Waals surface area contributed by atoms with E-state index in [9.17, 15) is 0 Å². The van der Waals surface area contributed by atoms with E-state index in [1.165, 1.54) is 18.4 Å². The Morgan fingerprint density at radius 1 is 1.20 bits per heavy atom. The van der Waals surface area contributed by atoms with Crippen molar-refractivity contribution >= 4 is 0 Å². The van der Waals surface area contributed by atoms with Gasteiger partial charge >= 0.3 is 0 Å². The average molecular weight is 201 g/mol. The van der Waals surface area contributed by atoms with E-state index in [-0.39, 0.29) is 0 Å². The molecule has 0 saturated carbocycles. The summed E-state index contributed by atoms with van der Waals surface area (Å²) in [6, 6.07) is 8.48. The summed E-state index contributed by atoms with van der Waals surface area (Å²) in [5.74, 6) is 0. The van der Waals surface area contributed by atoms with E-state index in [1.54, 1.807) is 17.3 Å². The Morgan fingerprint density at radius 3 is 2.60 bits per heavy atom. The van der Waals surface area contributed by atoms with Crippen molar-refractivity contribution in [3.05, 3.63) is 42.5 Å². The van der Waals surface area contributed by atoms with Gasteiger partial charge in [0.25, 0.3) is 0 Å². The number of hydrogen-bond acceptors (Lipinski definition) is 2. The second-order valence-corrected chi connectivity index (χ2v) is 3.61. The third-order valence-electron chi connectivity index (χ3n) is 2.44. The van der Waals surface area contributed by atoms with Crippen molar-refractivity contribution in [2.45, 2.75) is 26.2 Å². The Labute approximate surface area is 89.8 Å². The second kappa shape index (κ2) is 4.73. The lowest BCUT2D eigenvalue weighted by Crippen LogP contribution is -1.94. The summed E-state index contributed by atoms with van der Waals surface area (Å²) in [5.41, 5.74) is 2.45. The molecule has 2 aromatic rings. The molecule has 0 fully saturated rings. The molecule has 0 aliphatic heterocycles. The highest BCUT2D eigenvalue weighted by Crippen LogP contribution is 2.10. The lowest BCUT2D eigenvalue weighted by atomic mass is 10.1. The van der Waals surface area contributed by atoms with Gasteiger partial charge in [-0.3, -0.25) is 0 Å². The van der Waals surface area contributed by atoms with Crippen LogP contribution in [0.3, 0.4) is 0 Å². The van der Waals surface area contributed by atoms with Crippen LogP contribution in [0.2, 0.25) is 0 Å². The fourth-order valence-corrected chi connectivity index (χ4v) is 1.54. The molecule has 0 spiro atoms. The number of benzene rings is 1. The zero-order valence-electron chi connectivity index (χ0n) is 8.93. The van der Waals surface area contributed by atoms with Crippen molar-refractivity contribution in [2.24, 2.45) is 0 Å². The van der Waals surface area contributed by atoms with Crippen molar-refractivity contribution in [1.29, 1.82) is 0 Å². The monoisotopic (exact) mass is 201 g/mol. The van der Waals surface area contributed by atoms with Crippen LogP contribution in [-0.2, 0) is 6.42 Å². The van der Waals surface area contributed by atoms with E-state index in [0.717, 1.165) is 12.1 Å². The molecule has 0 N–H and O–H groups in total. The molecule has 3 nitrogen and oxygen atoms in total. The molecule has 0 aliphatic rings. The Hall–Kier alpha value is -1.64. The van der Waals surface area contributed by atoms with Gasteiger partial charge in [-0.2, -0.15) is 5.10 Å². The normalized spacial score (nSPS) is 10.5. The van der Waals surface area contributed by atoms with E-state index in [2.05, 4.69) is 41.3 Å². The van der Waals surface area contributed by atoms with Crippen molar-refractivity contribution in [3.63, 3.8) is 0 Å². The van der Waals surface area contributed by atoms with Gasteiger partial charge in [-0.15, -0.1) is 0 Å². The summed E-state index contributed by atoms with van der Waals surface area (Å²) in [4.78, 5) is 3.92. The van der Waals surface area contributed by atoms with Crippen LogP contribution in [0.5, 0.6) is 0 Å². The van der Waals surface area contributed by atoms with Gasteiger partial charge in [-0.25, -0.2) is 9.67 Å². The van der Waals surface area contributed by atoms with Crippen LogP contribution in [0.1, 0.15) is 25.3 Å². The Balaban J connectivity index is 2.11. The third kappa shape index (κ3) is 2.43. The standard InChI is InChI=1S/C12H15N3/c1-2-3-4-11-5-7-12(8-6-11)15-10-13-9-14-15/h5-10H,2-4H2,1H3. The van der Waals surface area contributed by atoms with E-state index in [1.807, 2.05) is 0 Å². The first-order valence-corrected chi connectivity index (χ1v) is 5.34. The molecule has 3 heteroatoms. The Morgan fingerprint density at radius 2 is 2.00 bits per heavy atom. The number of aryl methyl sites for hydroxylation is 1. The molecule has 2 rings (SSSR count). The van der Waals surface area contributed by atoms with Crippen LogP contribution >= 0.6 is 0 Å².